The topological polar surface area (TPSA) is 146 Å². The summed E-state index contributed by atoms with van der Waals surface area (Å²) in [6.07, 6.45) is 3.07. The number of nitriles is 1. The Balaban J connectivity index is 1.54. The fourth-order valence-electron chi connectivity index (χ4n) is 4.36. The van der Waals surface area contributed by atoms with Crippen LogP contribution in [-0.2, 0) is 16.1 Å². The molecule has 0 radical (unpaired) electrons. The highest BCUT2D eigenvalue weighted by molar-refractivity contribution is 5.88. The fraction of sp³-hybridized carbons (Fsp3) is 0.519. The summed E-state index contributed by atoms with van der Waals surface area (Å²) in [5, 5.41) is 15.0. The number of halogens is 1. The zero-order valence-electron chi connectivity index (χ0n) is 22.2. The summed E-state index contributed by atoms with van der Waals surface area (Å²) in [4.78, 5) is 35.9. The first-order valence-corrected chi connectivity index (χ1v) is 12.7. The van der Waals surface area contributed by atoms with Gasteiger partial charge in [-0.25, -0.2) is 19.2 Å². The summed E-state index contributed by atoms with van der Waals surface area (Å²) in [6, 6.07) is 5.09. The number of nitrogens with zero attached hydrogens (tertiary/aromatic N) is 4. The number of rotatable bonds is 7. The summed E-state index contributed by atoms with van der Waals surface area (Å²) < 4.78 is 19.7. The molecule has 4 N–H and O–H groups in total. The minimum atomic E-state index is -0.940. The highest BCUT2D eigenvalue weighted by atomic mass is 19.1. The van der Waals surface area contributed by atoms with Crippen LogP contribution >= 0.6 is 0 Å². The van der Waals surface area contributed by atoms with Gasteiger partial charge in [-0.05, 0) is 65.0 Å². The lowest BCUT2D eigenvalue weighted by Gasteiger charge is -2.23. The number of ether oxygens (including phenoxy) is 1. The molecule has 2 aliphatic rings. The number of carbonyl (C=O) groups is 2. The maximum atomic E-state index is 14.4. The molecule has 4 rings (SSSR count). The molecule has 1 aliphatic carbocycles. The first-order chi connectivity index (χ1) is 17.9. The van der Waals surface area contributed by atoms with E-state index in [4.69, 9.17) is 15.5 Å². The number of amides is 2. The van der Waals surface area contributed by atoms with Gasteiger partial charge in [0.1, 0.15) is 22.7 Å². The van der Waals surface area contributed by atoms with Gasteiger partial charge in [-0.2, -0.15) is 5.26 Å². The molecule has 1 saturated carbocycles. The predicted molar refractivity (Wildman–Crippen MR) is 140 cm³/mol. The number of nitrogens with two attached hydrogens (primary N) is 1. The van der Waals surface area contributed by atoms with Crippen molar-refractivity contribution < 1.29 is 18.7 Å². The van der Waals surface area contributed by atoms with E-state index in [1.165, 1.54) is 6.07 Å². The average molecular weight is 524 g/mol. The fourth-order valence-corrected chi connectivity index (χ4v) is 4.36. The number of aromatic nitrogens is 2. The number of alkyl carbamates (subject to hydrolysis) is 1. The molecule has 1 aromatic heterocycles. The van der Waals surface area contributed by atoms with Crippen LogP contribution < -0.4 is 21.3 Å². The van der Waals surface area contributed by atoms with Gasteiger partial charge in [-0.3, -0.25) is 4.79 Å². The Labute approximate surface area is 221 Å². The Morgan fingerprint density at radius 2 is 2.05 bits per heavy atom. The van der Waals surface area contributed by atoms with Gasteiger partial charge in [-0.15, -0.1) is 0 Å². The Hall–Kier alpha value is -3.94. The van der Waals surface area contributed by atoms with Crippen LogP contribution in [0.4, 0.5) is 20.7 Å². The van der Waals surface area contributed by atoms with E-state index >= 15 is 0 Å². The van der Waals surface area contributed by atoms with Crippen molar-refractivity contribution in [2.45, 2.75) is 59.1 Å². The minimum absolute atomic E-state index is 0.152. The molecule has 10 nitrogen and oxygen atoms in total. The van der Waals surface area contributed by atoms with E-state index in [0.717, 1.165) is 6.42 Å². The van der Waals surface area contributed by atoms with Crippen LogP contribution in [0.25, 0.3) is 11.4 Å². The van der Waals surface area contributed by atoms with Gasteiger partial charge >= 0.3 is 6.09 Å². The molecule has 0 bridgehead atoms. The van der Waals surface area contributed by atoms with Crippen LogP contribution in [0.5, 0.6) is 0 Å². The molecule has 2 heterocycles. The lowest BCUT2D eigenvalue weighted by atomic mass is 10.1. The first kappa shape index (κ1) is 27.1. The quantitative estimate of drug-likeness (QED) is 0.468. The van der Waals surface area contributed by atoms with Gasteiger partial charge in [0.2, 0.25) is 5.91 Å². The predicted octanol–water partition coefficient (Wildman–Crippen LogP) is 3.44. The van der Waals surface area contributed by atoms with Crippen LogP contribution in [0.1, 0.15) is 51.2 Å². The molecule has 38 heavy (non-hydrogen) atoms. The molecule has 2 fully saturated rings. The number of benzene rings is 1. The molecule has 1 unspecified atom stereocenters. The third-order valence-corrected chi connectivity index (χ3v) is 6.84. The Morgan fingerprint density at radius 1 is 1.32 bits per heavy atom. The van der Waals surface area contributed by atoms with E-state index in [2.05, 4.69) is 26.6 Å². The van der Waals surface area contributed by atoms with Crippen LogP contribution in [0.2, 0.25) is 0 Å². The molecule has 2 aromatic rings. The minimum Gasteiger partial charge on any atom is -0.444 e. The van der Waals surface area contributed by atoms with Crippen LogP contribution in [-0.4, -0.2) is 47.2 Å². The van der Waals surface area contributed by atoms with E-state index in [1.54, 1.807) is 19.2 Å². The normalized spacial score (nSPS) is 18.0. The third-order valence-electron chi connectivity index (χ3n) is 6.84. The summed E-state index contributed by atoms with van der Waals surface area (Å²) >= 11 is 0. The Kier molecular flexibility index (Phi) is 7.44. The second-order valence-electron chi connectivity index (χ2n) is 11.1. The standard InChI is InChI=1S/C27H34FN7O3/c1-16-20(28)9-18(10-21(16)30)22-31-12-19(13-32-24(36)27(15-29)6-7-27)23(34-22)35-8-5-17(14-35)11-33-25(37)38-26(2,3)4/h9-10,12,17H,5-8,11,13-14,30H2,1-4H3,(H,32,36)(H,33,37). The summed E-state index contributed by atoms with van der Waals surface area (Å²) in [5.74, 6) is 0.332. The van der Waals surface area contributed by atoms with Crippen LogP contribution in [0, 0.1) is 35.4 Å². The van der Waals surface area contributed by atoms with Gasteiger partial charge in [-0.1, -0.05) is 0 Å². The molecule has 0 spiro atoms. The molecule has 1 atom stereocenters. The van der Waals surface area contributed by atoms with Gasteiger partial charge in [0.15, 0.2) is 5.82 Å². The second-order valence-corrected chi connectivity index (χ2v) is 11.1. The second kappa shape index (κ2) is 10.4. The van der Waals surface area contributed by atoms with E-state index in [1.807, 2.05) is 20.8 Å². The zero-order chi connectivity index (χ0) is 27.7. The average Bonchev–Trinajstić information content (AvgIpc) is 3.53. The van der Waals surface area contributed by atoms with Crippen molar-refractivity contribution in [2.24, 2.45) is 11.3 Å². The van der Waals surface area contributed by atoms with Crippen molar-refractivity contribution in [1.29, 1.82) is 5.26 Å². The van der Waals surface area contributed by atoms with Crippen LogP contribution in [0.15, 0.2) is 18.3 Å². The van der Waals surface area contributed by atoms with E-state index in [0.29, 0.717) is 66.5 Å². The number of nitrogens with one attached hydrogen (secondary N) is 2. The Morgan fingerprint density at radius 3 is 2.68 bits per heavy atom. The monoisotopic (exact) mass is 523 g/mol. The summed E-state index contributed by atoms with van der Waals surface area (Å²) in [7, 11) is 0. The number of nitrogen functional groups attached to an aromatic ring is 1. The molecular weight excluding hydrogens is 489 g/mol. The van der Waals surface area contributed by atoms with E-state index in [9.17, 15) is 19.2 Å². The zero-order valence-corrected chi connectivity index (χ0v) is 22.2. The molecule has 202 valence electrons. The van der Waals surface area contributed by atoms with E-state index in [-0.39, 0.29) is 18.4 Å². The lowest BCUT2D eigenvalue weighted by Crippen LogP contribution is -2.36. The highest BCUT2D eigenvalue weighted by Crippen LogP contribution is 2.45. The first-order valence-electron chi connectivity index (χ1n) is 12.7. The lowest BCUT2D eigenvalue weighted by molar-refractivity contribution is -0.124. The van der Waals surface area contributed by atoms with Gasteiger partial charge in [0.05, 0.1) is 6.07 Å². The largest absolute Gasteiger partial charge is 0.444 e. The molecule has 1 aliphatic heterocycles. The number of carbonyl (C=O) groups excluding carboxylic acids is 2. The third kappa shape index (κ3) is 6.13. The molecule has 1 aromatic carbocycles. The SMILES string of the molecule is Cc1c(N)cc(-c2ncc(CNC(=O)C3(C#N)CC3)c(N3CCC(CNC(=O)OC(C)(C)C)C3)n2)cc1F. The number of hydrogen-bond acceptors (Lipinski definition) is 8. The van der Waals surface area contributed by atoms with Crippen molar-refractivity contribution >= 4 is 23.5 Å². The summed E-state index contributed by atoms with van der Waals surface area (Å²) in [6.45, 7) is 8.92. The summed E-state index contributed by atoms with van der Waals surface area (Å²) in [5.41, 5.74) is 6.26. The van der Waals surface area contributed by atoms with Crippen molar-refractivity contribution in [3.8, 4) is 17.5 Å². The van der Waals surface area contributed by atoms with Gasteiger partial charge in [0, 0.05) is 54.8 Å². The van der Waals surface area contributed by atoms with Crippen LogP contribution in [0.3, 0.4) is 0 Å². The van der Waals surface area contributed by atoms with Crippen molar-refractivity contribution in [1.82, 2.24) is 20.6 Å². The molecule has 1 saturated heterocycles. The van der Waals surface area contributed by atoms with Crippen molar-refractivity contribution in [2.75, 3.05) is 30.3 Å². The van der Waals surface area contributed by atoms with Gasteiger partial charge < -0.3 is 26.0 Å². The number of anilines is 2. The maximum Gasteiger partial charge on any atom is 0.407 e. The maximum absolute atomic E-state index is 14.4. The smallest absolute Gasteiger partial charge is 0.407 e. The van der Waals surface area contributed by atoms with Gasteiger partial charge in [0.25, 0.3) is 0 Å². The Bertz CT molecular complexity index is 1260. The molecule has 2 amide bonds. The highest BCUT2D eigenvalue weighted by Gasteiger charge is 2.50. The van der Waals surface area contributed by atoms with Crippen molar-refractivity contribution in [3.05, 3.63) is 35.3 Å². The van der Waals surface area contributed by atoms with Crippen molar-refractivity contribution in [3.63, 3.8) is 0 Å². The molecule has 11 heteroatoms. The molecular formula is C27H34FN7O3. The van der Waals surface area contributed by atoms with E-state index < -0.39 is 22.9 Å². The number of hydrogen-bond donors (Lipinski definition) is 3.